The van der Waals surface area contributed by atoms with E-state index in [9.17, 15) is 24.3 Å². The van der Waals surface area contributed by atoms with Crippen LogP contribution < -0.4 is 41.6 Å². The second kappa shape index (κ2) is 33.9. The number of carbonyl (C=O) groups is 4. The molecule has 1 aromatic heterocycles. The molecule has 0 saturated heterocycles. The Hall–Kier alpha value is -6.11. The highest BCUT2D eigenvalue weighted by molar-refractivity contribution is 5.77. The fourth-order valence-corrected chi connectivity index (χ4v) is 9.55. The first-order chi connectivity index (χ1) is 37.2. The number of aliphatic carboxylic acids is 1. The minimum absolute atomic E-state index is 0.0325. The van der Waals surface area contributed by atoms with Crippen LogP contribution in [-0.2, 0) is 38.8 Å². The molecule has 424 valence electrons. The standard InChI is InChI=1S/C59H88FN9O8/c1-59(2,77-54-37-44(21-25-50(54)52-39-48(75-3)24-26-53(52)60)42-76-49-19-16-17-46(38-49)51(40-58(73)74)45-22-23-45)43-69-41-47(66-67-69)18-14-12-10-8-6-4-5-7-9-11-13-15-20-55(70)65-33-36-68(34-27-56(71)63-31-29-61)35-28-57(72)64-32-30-62/h16-17,19,21,24-26,37-39,41,45,51H,4-15,18,20,22-23,27-36,40,42-43,61-62H2,1-3H3,(H,63,71)(H,64,72)(H,65,70)(H,73,74)/t51-/m0/s1. The van der Waals surface area contributed by atoms with Gasteiger partial charge in [0.05, 0.1) is 25.8 Å². The van der Waals surface area contributed by atoms with Crippen molar-refractivity contribution < 1.29 is 42.9 Å². The van der Waals surface area contributed by atoms with Crippen LogP contribution in [-0.4, -0.2) is 114 Å². The molecule has 1 aliphatic carbocycles. The van der Waals surface area contributed by atoms with Gasteiger partial charge in [-0.15, -0.1) is 5.10 Å². The van der Waals surface area contributed by atoms with Crippen LogP contribution in [0.25, 0.3) is 11.1 Å². The summed E-state index contributed by atoms with van der Waals surface area (Å²) in [5.41, 5.74) is 13.9. The van der Waals surface area contributed by atoms with Crippen molar-refractivity contribution in [2.45, 2.75) is 161 Å². The van der Waals surface area contributed by atoms with Crippen LogP contribution in [0.1, 0.15) is 152 Å². The first-order valence-corrected chi connectivity index (χ1v) is 28.2. The van der Waals surface area contributed by atoms with E-state index in [1.807, 2.05) is 72.1 Å². The van der Waals surface area contributed by atoms with Crippen LogP contribution in [0.15, 0.2) is 66.9 Å². The number of methoxy groups -OCH3 is 1. The molecule has 5 rings (SSSR count). The zero-order valence-corrected chi connectivity index (χ0v) is 46.1. The number of aromatic nitrogens is 3. The van der Waals surface area contributed by atoms with Gasteiger partial charge < -0.3 is 51.6 Å². The van der Waals surface area contributed by atoms with Crippen molar-refractivity contribution in [2.24, 2.45) is 17.4 Å². The van der Waals surface area contributed by atoms with E-state index >= 15 is 4.39 Å². The molecule has 1 fully saturated rings. The van der Waals surface area contributed by atoms with Gasteiger partial charge in [-0.2, -0.15) is 0 Å². The number of carboxylic acid groups (broad SMARTS) is 1. The zero-order valence-electron chi connectivity index (χ0n) is 46.1. The Balaban J connectivity index is 0.957. The van der Waals surface area contributed by atoms with Crippen molar-refractivity contribution in [1.82, 2.24) is 35.8 Å². The molecule has 1 aliphatic rings. The molecule has 0 bridgehead atoms. The lowest BCUT2D eigenvalue weighted by molar-refractivity contribution is -0.137. The van der Waals surface area contributed by atoms with E-state index in [2.05, 4.69) is 26.3 Å². The third-order valence-corrected chi connectivity index (χ3v) is 13.9. The molecule has 0 spiro atoms. The third kappa shape index (κ3) is 24.0. The third-order valence-electron chi connectivity index (χ3n) is 13.9. The molecule has 1 saturated carbocycles. The number of carbonyl (C=O) groups excluding carboxylic acids is 3. The summed E-state index contributed by atoms with van der Waals surface area (Å²) in [6, 6.07) is 18.0. The monoisotopic (exact) mass is 1070 g/mol. The number of hydrogen-bond acceptors (Lipinski definition) is 12. The number of aryl methyl sites for hydroxylation is 1. The lowest BCUT2D eigenvalue weighted by atomic mass is 9.91. The zero-order chi connectivity index (χ0) is 55.3. The number of benzene rings is 3. The van der Waals surface area contributed by atoms with Gasteiger partial charge in [0.2, 0.25) is 17.7 Å². The summed E-state index contributed by atoms with van der Waals surface area (Å²) in [4.78, 5) is 50.3. The van der Waals surface area contributed by atoms with Gasteiger partial charge in [0.25, 0.3) is 0 Å². The molecule has 3 aromatic carbocycles. The average Bonchev–Trinajstić information content (AvgIpc) is 4.17. The van der Waals surface area contributed by atoms with Gasteiger partial charge >= 0.3 is 5.97 Å². The number of rotatable bonds is 41. The molecular formula is C59H88FN9O8. The van der Waals surface area contributed by atoms with Crippen LogP contribution in [0.4, 0.5) is 4.39 Å². The fraction of sp³-hybridized carbons (Fsp3) is 0.593. The number of nitrogens with two attached hydrogens (primary N) is 2. The summed E-state index contributed by atoms with van der Waals surface area (Å²) in [5, 5.41) is 27.0. The van der Waals surface area contributed by atoms with E-state index < -0.39 is 17.4 Å². The summed E-state index contributed by atoms with van der Waals surface area (Å²) in [5.74, 6) is 0.666. The van der Waals surface area contributed by atoms with Crippen LogP contribution in [0, 0.1) is 11.7 Å². The summed E-state index contributed by atoms with van der Waals surface area (Å²) < 4.78 is 35.7. The first-order valence-electron chi connectivity index (χ1n) is 28.2. The maximum atomic E-state index is 15.5. The molecule has 0 unspecified atom stereocenters. The molecule has 1 heterocycles. The van der Waals surface area contributed by atoms with Gasteiger partial charge in [-0.05, 0) is 105 Å². The molecule has 0 aliphatic heterocycles. The molecule has 0 radical (unpaired) electrons. The largest absolute Gasteiger partial charge is 0.497 e. The van der Waals surface area contributed by atoms with Crippen molar-refractivity contribution in [3.8, 4) is 28.4 Å². The number of hydrogen-bond donors (Lipinski definition) is 6. The second-order valence-corrected chi connectivity index (χ2v) is 21.1. The highest BCUT2D eigenvalue weighted by atomic mass is 19.1. The van der Waals surface area contributed by atoms with Crippen molar-refractivity contribution in [3.63, 3.8) is 0 Å². The first kappa shape index (κ1) is 61.7. The second-order valence-electron chi connectivity index (χ2n) is 21.1. The van der Waals surface area contributed by atoms with E-state index in [0.29, 0.717) is 112 Å². The number of amides is 3. The molecule has 17 nitrogen and oxygen atoms in total. The Morgan fingerprint density at radius 1 is 0.753 bits per heavy atom. The number of nitrogens with one attached hydrogen (secondary N) is 3. The van der Waals surface area contributed by atoms with Gasteiger partial charge in [-0.1, -0.05) is 93.7 Å². The maximum absolute atomic E-state index is 15.5. The Labute approximate surface area is 456 Å². The van der Waals surface area contributed by atoms with Crippen LogP contribution in [0.5, 0.6) is 17.2 Å². The predicted octanol–water partition coefficient (Wildman–Crippen LogP) is 8.46. The fourth-order valence-electron chi connectivity index (χ4n) is 9.55. The minimum Gasteiger partial charge on any atom is -0.497 e. The van der Waals surface area contributed by atoms with Gasteiger partial charge in [-0.25, -0.2) is 9.07 Å². The lowest BCUT2D eigenvalue weighted by Crippen LogP contribution is -2.40. The summed E-state index contributed by atoms with van der Waals surface area (Å²) in [6.07, 6.45) is 19.8. The summed E-state index contributed by atoms with van der Waals surface area (Å²) in [7, 11) is 1.55. The number of ether oxygens (including phenoxy) is 3. The number of nitrogens with zero attached hydrogens (tertiary/aromatic N) is 4. The van der Waals surface area contributed by atoms with Gasteiger partial charge in [0.15, 0.2) is 0 Å². The Bertz CT molecular complexity index is 2390. The van der Waals surface area contributed by atoms with Crippen LogP contribution in [0.2, 0.25) is 0 Å². The van der Waals surface area contributed by atoms with Gasteiger partial charge in [0, 0.05) is 88.9 Å². The average molecular weight is 1070 g/mol. The van der Waals surface area contributed by atoms with Crippen molar-refractivity contribution in [1.29, 1.82) is 0 Å². The van der Waals surface area contributed by atoms with E-state index in [0.717, 1.165) is 68.2 Å². The van der Waals surface area contributed by atoms with Crippen molar-refractivity contribution >= 4 is 23.7 Å². The quantitative estimate of drug-likeness (QED) is 0.0229. The molecule has 18 heteroatoms. The summed E-state index contributed by atoms with van der Waals surface area (Å²) >= 11 is 0. The van der Waals surface area contributed by atoms with Gasteiger partial charge in [-0.3, -0.25) is 19.2 Å². The SMILES string of the molecule is COc1ccc(F)c(-c2ccc(COc3cccc([C@@H](CC(=O)O)C4CC4)c3)cc2OC(C)(C)Cn2cc(CCCCCCCCCCCCCCC(=O)NCCN(CCC(=O)NCCN)CCC(=O)NCCN)nn2)c1. The maximum Gasteiger partial charge on any atom is 0.303 e. The predicted molar refractivity (Wildman–Crippen MR) is 298 cm³/mol. The van der Waals surface area contributed by atoms with Gasteiger partial charge in [0.1, 0.15) is 35.3 Å². The molecule has 4 aromatic rings. The van der Waals surface area contributed by atoms with Crippen molar-refractivity contribution in [3.05, 3.63) is 89.5 Å². The molecule has 77 heavy (non-hydrogen) atoms. The summed E-state index contributed by atoms with van der Waals surface area (Å²) in [6.45, 7) is 8.18. The minimum atomic E-state index is -0.801. The number of unbranched alkanes of at least 4 members (excludes halogenated alkanes) is 11. The molecule has 3 amide bonds. The Kier molecular flexibility index (Phi) is 27.2. The van der Waals surface area contributed by atoms with E-state index in [-0.39, 0.29) is 36.7 Å². The number of halogens is 1. The number of carboxylic acids is 1. The Morgan fingerprint density at radius 3 is 2.00 bits per heavy atom. The normalized spacial score (nSPS) is 12.8. The molecule has 1 atom stereocenters. The van der Waals surface area contributed by atoms with Crippen LogP contribution >= 0.6 is 0 Å². The molecule has 8 N–H and O–H groups in total. The Morgan fingerprint density at radius 2 is 1.38 bits per heavy atom. The van der Waals surface area contributed by atoms with Crippen molar-refractivity contribution in [2.75, 3.05) is 59.5 Å². The van der Waals surface area contributed by atoms with E-state index in [4.69, 9.17) is 25.7 Å². The van der Waals surface area contributed by atoms with E-state index in [1.165, 1.54) is 51.0 Å². The molecular weight excluding hydrogens is 982 g/mol. The highest BCUT2D eigenvalue weighted by Gasteiger charge is 2.34. The lowest BCUT2D eigenvalue weighted by Gasteiger charge is -2.28. The van der Waals surface area contributed by atoms with Crippen LogP contribution in [0.3, 0.4) is 0 Å². The van der Waals surface area contributed by atoms with E-state index in [1.54, 1.807) is 19.2 Å². The topological polar surface area (TPSA) is 238 Å². The highest BCUT2D eigenvalue weighted by Crippen LogP contribution is 2.45. The smallest absolute Gasteiger partial charge is 0.303 e.